The molecule has 2 aliphatic carbocycles. The van der Waals surface area contributed by atoms with Crippen molar-refractivity contribution in [1.82, 2.24) is 0 Å². The molecule has 0 bridgehead atoms. The van der Waals surface area contributed by atoms with Crippen LogP contribution in [-0.4, -0.2) is 0 Å². The highest BCUT2D eigenvalue weighted by molar-refractivity contribution is 6.15. The van der Waals surface area contributed by atoms with Crippen LogP contribution in [0.5, 0.6) is 0 Å². The number of rotatable bonds is 6. The van der Waals surface area contributed by atoms with Crippen molar-refractivity contribution in [2.75, 3.05) is 9.80 Å². The Hall–Kier alpha value is -6.90. The van der Waals surface area contributed by atoms with Crippen LogP contribution in [0.3, 0.4) is 0 Å². The molecule has 0 saturated carbocycles. The molecule has 0 heterocycles. The van der Waals surface area contributed by atoms with E-state index in [1.807, 2.05) is 0 Å². The average Bonchev–Trinajstić information content (AvgIpc) is 3.65. The van der Waals surface area contributed by atoms with E-state index in [0.717, 1.165) is 22.7 Å². The number of benzene rings is 9. The topological polar surface area (TPSA) is 6.48 Å². The minimum absolute atomic E-state index is 0.128. The molecule has 58 heavy (non-hydrogen) atoms. The molecule has 9 aromatic rings. The fraction of sp³-hybridized carbons (Fsp3) is 0.107. The normalized spacial score (nSPS) is 14.1. The van der Waals surface area contributed by atoms with E-state index < -0.39 is 0 Å². The number of hydrogen-bond donors (Lipinski definition) is 0. The summed E-state index contributed by atoms with van der Waals surface area (Å²) in [5.74, 6) is 0. The highest BCUT2D eigenvalue weighted by atomic mass is 15.2. The predicted molar refractivity (Wildman–Crippen MR) is 246 cm³/mol. The third-order valence-electron chi connectivity index (χ3n) is 13.0. The van der Waals surface area contributed by atoms with E-state index in [4.69, 9.17) is 0 Å². The van der Waals surface area contributed by atoms with Gasteiger partial charge in [-0.25, -0.2) is 0 Å². The van der Waals surface area contributed by atoms with Crippen LogP contribution < -0.4 is 9.80 Å². The summed E-state index contributed by atoms with van der Waals surface area (Å²) in [7, 11) is 0. The molecule has 0 aromatic heterocycles. The van der Waals surface area contributed by atoms with Crippen molar-refractivity contribution >= 4 is 55.7 Å². The maximum atomic E-state index is 2.52. The molecule has 2 nitrogen and oxygen atoms in total. The minimum Gasteiger partial charge on any atom is -0.310 e. The van der Waals surface area contributed by atoms with Gasteiger partial charge in [0.25, 0.3) is 0 Å². The third-order valence-corrected chi connectivity index (χ3v) is 13.0. The molecule has 0 unspecified atom stereocenters. The molecule has 278 valence electrons. The fourth-order valence-corrected chi connectivity index (χ4v) is 10.2. The zero-order valence-corrected chi connectivity index (χ0v) is 33.4. The van der Waals surface area contributed by atoms with Crippen LogP contribution in [0.4, 0.5) is 34.1 Å². The van der Waals surface area contributed by atoms with E-state index in [1.165, 1.54) is 77.4 Å². The van der Waals surface area contributed by atoms with Gasteiger partial charge in [0, 0.05) is 44.4 Å². The minimum atomic E-state index is -0.133. The van der Waals surface area contributed by atoms with Crippen LogP contribution in [-0.2, 0) is 10.8 Å². The largest absolute Gasteiger partial charge is 0.310 e. The van der Waals surface area contributed by atoms with Gasteiger partial charge in [0.05, 0.1) is 17.1 Å². The summed E-state index contributed by atoms with van der Waals surface area (Å²) in [6.07, 6.45) is 0. The number of anilines is 6. The third kappa shape index (κ3) is 4.98. The Morgan fingerprint density at radius 2 is 0.793 bits per heavy atom. The standard InChI is InChI=1S/C56H44N2/c1-55(2)46-27-15-13-25-43(46)53-48(55)29-17-31-50(53)57(38-20-7-5-8-21-38)40-35-45-41-24-12-11-19-37(41)33-34-42(45)52(36-40)58(39-22-9-6-10-23-39)51-32-18-30-49-54(51)44-26-14-16-28-47(44)56(49,3)4/h5-36H,1-4H3. The molecule has 0 saturated heterocycles. The zero-order chi connectivity index (χ0) is 39.2. The van der Waals surface area contributed by atoms with Crippen LogP contribution in [0.1, 0.15) is 49.9 Å². The van der Waals surface area contributed by atoms with Crippen molar-refractivity contribution in [2.24, 2.45) is 0 Å². The summed E-state index contributed by atoms with van der Waals surface area (Å²) >= 11 is 0. The Bertz CT molecular complexity index is 3070. The Balaban J connectivity index is 1.26. The van der Waals surface area contributed by atoms with Crippen molar-refractivity contribution in [2.45, 2.75) is 38.5 Å². The molecule has 0 atom stereocenters. The van der Waals surface area contributed by atoms with Crippen LogP contribution in [0.15, 0.2) is 194 Å². The van der Waals surface area contributed by atoms with Gasteiger partial charge >= 0.3 is 0 Å². The first-order valence-corrected chi connectivity index (χ1v) is 20.4. The summed E-state index contributed by atoms with van der Waals surface area (Å²) in [5, 5.41) is 4.88. The highest BCUT2D eigenvalue weighted by Crippen LogP contribution is 2.57. The SMILES string of the molecule is CC1(C)c2ccccc2-c2c(N(c3ccccc3)c3cc(N(c4ccccc4)c4cccc5c4-c4ccccc4C5(C)C)c4ccc5ccccc5c4c3)cccc21. The molecule has 0 fully saturated rings. The molecule has 0 aliphatic heterocycles. The molecule has 9 aromatic carbocycles. The van der Waals surface area contributed by atoms with Gasteiger partial charge in [-0.15, -0.1) is 0 Å². The Kier molecular flexibility index (Phi) is 7.59. The van der Waals surface area contributed by atoms with Crippen molar-refractivity contribution in [1.29, 1.82) is 0 Å². The molecule has 0 N–H and O–H groups in total. The van der Waals surface area contributed by atoms with Crippen molar-refractivity contribution in [3.05, 3.63) is 216 Å². The smallest absolute Gasteiger partial charge is 0.0561 e. The fourth-order valence-electron chi connectivity index (χ4n) is 10.2. The first-order chi connectivity index (χ1) is 28.3. The van der Waals surface area contributed by atoms with E-state index in [1.54, 1.807) is 0 Å². The molecular weight excluding hydrogens is 701 g/mol. The lowest BCUT2D eigenvalue weighted by Crippen LogP contribution is -2.17. The van der Waals surface area contributed by atoms with E-state index >= 15 is 0 Å². The summed E-state index contributed by atoms with van der Waals surface area (Å²) < 4.78 is 0. The first kappa shape index (κ1) is 34.4. The van der Waals surface area contributed by atoms with Gasteiger partial charge in [-0.05, 0) is 98.1 Å². The van der Waals surface area contributed by atoms with E-state index in [-0.39, 0.29) is 10.8 Å². The summed E-state index contributed by atoms with van der Waals surface area (Å²) in [5.41, 5.74) is 17.2. The quantitative estimate of drug-likeness (QED) is 0.156. The van der Waals surface area contributed by atoms with Gasteiger partial charge in [-0.3, -0.25) is 0 Å². The van der Waals surface area contributed by atoms with E-state index in [9.17, 15) is 0 Å². The molecule has 0 amide bonds. The van der Waals surface area contributed by atoms with Crippen LogP contribution in [0.25, 0.3) is 43.8 Å². The van der Waals surface area contributed by atoms with Crippen LogP contribution in [0, 0.1) is 0 Å². The number of para-hydroxylation sites is 2. The summed E-state index contributed by atoms with van der Waals surface area (Å²) in [6, 6.07) is 71.9. The van der Waals surface area contributed by atoms with Crippen molar-refractivity contribution in [3.8, 4) is 22.3 Å². The molecule has 11 rings (SSSR count). The highest BCUT2D eigenvalue weighted by Gasteiger charge is 2.39. The first-order valence-electron chi connectivity index (χ1n) is 20.4. The van der Waals surface area contributed by atoms with Crippen LogP contribution >= 0.6 is 0 Å². The Morgan fingerprint density at radius 3 is 1.40 bits per heavy atom. The number of nitrogens with zero attached hydrogens (tertiary/aromatic N) is 2. The zero-order valence-electron chi connectivity index (χ0n) is 33.4. The van der Waals surface area contributed by atoms with Crippen molar-refractivity contribution in [3.63, 3.8) is 0 Å². The Morgan fingerprint density at radius 1 is 0.310 bits per heavy atom. The Labute approximate surface area is 341 Å². The summed E-state index contributed by atoms with van der Waals surface area (Å²) in [6.45, 7) is 9.46. The second-order valence-electron chi connectivity index (χ2n) is 16.9. The molecule has 2 heteroatoms. The van der Waals surface area contributed by atoms with Crippen LogP contribution in [0.2, 0.25) is 0 Å². The van der Waals surface area contributed by atoms with Gasteiger partial charge in [-0.2, -0.15) is 0 Å². The van der Waals surface area contributed by atoms with Gasteiger partial charge in [0.2, 0.25) is 0 Å². The number of hydrogen-bond acceptors (Lipinski definition) is 2. The predicted octanol–water partition coefficient (Wildman–Crippen LogP) is 15.5. The lowest BCUT2D eigenvalue weighted by Gasteiger charge is -2.33. The number of fused-ring (bicyclic) bond motifs is 9. The molecule has 0 spiro atoms. The van der Waals surface area contributed by atoms with Gasteiger partial charge in [0.15, 0.2) is 0 Å². The molecule has 0 radical (unpaired) electrons. The lowest BCUT2D eigenvalue weighted by atomic mass is 9.82. The maximum Gasteiger partial charge on any atom is 0.0561 e. The van der Waals surface area contributed by atoms with Crippen molar-refractivity contribution < 1.29 is 0 Å². The average molecular weight is 745 g/mol. The lowest BCUT2D eigenvalue weighted by molar-refractivity contribution is 0.660. The van der Waals surface area contributed by atoms with E-state index in [2.05, 4.69) is 232 Å². The second-order valence-corrected chi connectivity index (χ2v) is 16.9. The molecular formula is C56H44N2. The van der Waals surface area contributed by atoms with Gasteiger partial charge < -0.3 is 9.80 Å². The monoisotopic (exact) mass is 744 g/mol. The summed E-state index contributed by atoms with van der Waals surface area (Å²) in [4.78, 5) is 5.02. The second kappa shape index (κ2) is 12.8. The van der Waals surface area contributed by atoms with Gasteiger partial charge in [0.1, 0.15) is 0 Å². The maximum absolute atomic E-state index is 2.52. The van der Waals surface area contributed by atoms with E-state index in [0.29, 0.717) is 0 Å². The van der Waals surface area contributed by atoms with Gasteiger partial charge in [-0.1, -0.05) is 173 Å². The molecule has 2 aliphatic rings.